The third kappa shape index (κ3) is 9.59. The van der Waals surface area contributed by atoms with Gasteiger partial charge in [0.05, 0.1) is 6.54 Å². The number of aromatic nitrogens is 1. The van der Waals surface area contributed by atoms with Crippen LogP contribution in [0.2, 0.25) is 0 Å². The average Bonchev–Trinajstić information content (AvgIpc) is 3.02. The number of carbonyl (C=O) groups excluding carboxylic acids is 2. The molecule has 1 N–H and O–H groups in total. The van der Waals surface area contributed by atoms with Crippen molar-refractivity contribution < 1.29 is 14.1 Å². The van der Waals surface area contributed by atoms with E-state index in [4.69, 9.17) is 4.52 Å². The van der Waals surface area contributed by atoms with Crippen LogP contribution in [0.25, 0.3) is 0 Å². The number of rotatable bonds is 14. The summed E-state index contributed by atoms with van der Waals surface area (Å²) in [7, 11) is 0. The molecule has 148 valence electrons. The number of nitrogens with one attached hydrogen (secondary N) is 1. The zero-order chi connectivity index (χ0) is 19.2. The number of hydrogen-bond acceptors (Lipinski definition) is 4. The minimum absolute atomic E-state index is 0.0680. The molecule has 1 rings (SSSR count). The highest BCUT2D eigenvalue weighted by molar-refractivity contribution is 5.93. The summed E-state index contributed by atoms with van der Waals surface area (Å²) in [6.45, 7) is 6.75. The molecule has 0 bridgehead atoms. The summed E-state index contributed by atoms with van der Waals surface area (Å²) in [5.41, 5.74) is 0. The Morgan fingerprint density at radius 1 is 1.04 bits per heavy atom. The van der Waals surface area contributed by atoms with Gasteiger partial charge in [0.2, 0.25) is 11.8 Å². The van der Waals surface area contributed by atoms with Crippen molar-refractivity contribution in [3.05, 3.63) is 11.8 Å². The first-order valence-corrected chi connectivity index (χ1v) is 10.1. The second kappa shape index (κ2) is 13.4. The standard InChI is InChI=1S/C20H35N3O3/c1-4-6-8-9-10-11-12-13-20(25)23(14-7-5-2)16-19(24)21-18-15-17(3)26-22-18/h15H,4-14,16H2,1-3H3,(H,21,22,24). The molecule has 6 heteroatoms. The highest BCUT2D eigenvalue weighted by atomic mass is 16.5. The predicted molar refractivity (Wildman–Crippen MR) is 104 cm³/mol. The molecule has 0 aliphatic rings. The van der Waals surface area contributed by atoms with E-state index in [2.05, 4.69) is 24.3 Å². The van der Waals surface area contributed by atoms with Gasteiger partial charge in [0.25, 0.3) is 0 Å². The number of nitrogens with zero attached hydrogens (tertiary/aromatic N) is 2. The van der Waals surface area contributed by atoms with Crippen molar-refractivity contribution >= 4 is 17.6 Å². The Morgan fingerprint density at radius 3 is 2.31 bits per heavy atom. The fraction of sp³-hybridized carbons (Fsp3) is 0.750. The lowest BCUT2D eigenvalue weighted by Gasteiger charge is -2.22. The van der Waals surface area contributed by atoms with Gasteiger partial charge in [-0.15, -0.1) is 0 Å². The Kier molecular flexibility index (Phi) is 11.4. The van der Waals surface area contributed by atoms with E-state index in [1.807, 2.05) is 0 Å². The minimum Gasteiger partial charge on any atom is -0.360 e. The maximum Gasteiger partial charge on any atom is 0.245 e. The van der Waals surface area contributed by atoms with Gasteiger partial charge in [0, 0.05) is 19.0 Å². The number of unbranched alkanes of at least 4 members (excludes halogenated alkanes) is 7. The van der Waals surface area contributed by atoms with Crippen molar-refractivity contribution in [2.75, 3.05) is 18.4 Å². The highest BCUT2D eigenvalue weighted by Gasteiger charge is 2.17. The molecule has 0 atom stereocenters. The lowest BCUT2D eigenvalue weighted by atomic mass is 10.1. The second-order valence-electron chi connectivity index (χ2n) is 6.91. The highest BCUT2D eigenvalue weighted by Crippen LogP contribution is 2.11. The summed E-state index contributed by atoms with van der Waals surface area (Å²) in [4.78, 5) is 26.3. The van der Waals surface area contributed by atoms with Gasteiger partial charge in [0.1, 0.15) is 5.76 Å². The second-order valence-corrected chi connectivity index (χ2v) is 6.91. The summed E-state index contributed by atoms with van der Waals surface area (Å²) >= 11 is 0. The molecule has 0 radical (unpaired) electrons. The first-order valence-electron chi connectivity index (χ1n) is 10.1. The van der Waals surface area contributed by atoms with Gasteiger partial charge in [-0.25, -0.2) is 0 Å². The van der Waals surface area contributed by atoms with E-state index in [9.17, 15) is 9.59 Å². The summed E-state index contributed by atoms with van der Waals surface area (Å²) in [5, 5.41) is 6.43. The van der Waals surface area contributed by atoms with Crippen molar-refractivity contribution in [3.63, 3.8) is 0 Å². The number of hydrogen-bond donors (Lipinski definition) is 1. The van der Waals surface area contributed by atoms with Crippen LogP contribution < -0.4 is 5.32 Å². The molecule has 0 unspecified atom stereocenters. The molecule has 26 heavy (non-hydrogen) atoms. The Morgan fingerprint density at radius 2 is 1.69 bits per heavy atom. The summed E-state index contributed by atoms with van der Waals surface area (Å²) in [6.07, 6.45) is 10.7. The maximum absolute atomic E-state index is 12.5. The minimum atomic E-state index is -0.234. The lowest BCUT2D eigenvalue weighted by molar-refractivity contribution is -0.134. The fourth-order valence-electron chi connectivity index (χ4n) is 2.81. The molecule has 1 heterocycles. The number of anilines is 1. The molecule has 0 saturated heterocycles. The predicted octanol–water partition coefficient (Wildman–Crippen LogP) is 4.69. The molecule has 0 fully saturated rings. The first kappa shape index (κ1) is 22.2. The van der Waals surface area contributed by atoms with Crippen LogP contribution in [-0.2, 0) is 9.59 Å². The van der Waals surface area contributed by atoms with Crippen molar-refractivity contribution in [2.45, 2.75) is 85.0 Å². The van der Waals surface area contributed by atoms with Crippen LogP contribution in [0, 0.1) is 6.92 Å². The fourth-order valence-corrected chi connectivity index (χ4v) is 2.81. The van der Waals surface area contributed by atoms with Crippen LogP contribution in [0.15, 0.2) is 10.6 Å². The van der Waals surface area contributed by atoms with Gasteiger partial charge in [-0.1, -0.05) is 63.9 Å². The molecule has 1 aromatic rings. The summed E-state index contributed by atoms with van der Waals surface area (Å²) in [5.74, 6) is 0.862. The largest absolute Gasteiger partial charge is 0.360 e. The van der Waals surface area contributed by atoms with Crippen LogP contribution in [0.1, 0.15) is 83.8 Å². The van der Waals surface area contributed by atoms with E-state index in [-0.39, 0.29) is 18.4 Å². The Bertz CT molecular complexity index is 528. The molecule has 2 amide bonds. The van der Waals surface area contributed by atoms with E-state index in [1.54, 1.807) is 17.9 Å². The van der Waals surface area contributed by atoms with E-state index in [1.165, 1.54) is 32.1 Å². The van der Waals surface area contributed by atoms with E-state index >= 15 is 0 Å². The van der Waals surface area contributed by atoms with Crippen LogP contribution in [0.5, 0.6) is 0 Å². The van der Waals surface area contributed by atoms with E-state index < -0.39 is 0 Å². The molecule has 0 aromatic carbocycles. The topological polar surface area (TPSA) is 75.4 Å². The normalized spacial score (nSPS) is 10.7. The molecule has 0 saturated carbocycles. The summed E-state index contributed by atoms with van der Waals surface area (Å²) in [6, 6.07) is 1.66. The van der Waals surface area contributed by atoms with Gasteiger partial charge < -0.3 is 14.7 Å². The first-order chi connectivity index (χ1) is 12.6. The van der Waals surface area contributed by atoms with E-state index in [0.29, 0.717) is 24.5 Å². The molecular formula is C20H35N3O3. The molecule has 1 aromatic heterocycles. The van der Waals surface area contributed by atoms with Gasteiger partial charge in [0.15, 0.2) is 5.82 Å². The third-order valence-corrected chi connectivity index (χ3v) is 4.36. The van der Waals surface area contributed by atoms with Crippen molar-refractivity contribution in [2.24, 2.45) is 0 Å². The Labute approximate surface area is 157 Å². The monoisotopic (exact) mass is 365 g/mol. The quantitative estimate of drug-likeness (QED) is 0.485. The number of aryl methyl sites for hydroxylation is 1. The SMILES string of the molecule is CCCCCCCCCC(=O)N(CCCC)CC(=O)Nc1cc(C)on1. The van der Waals surface area contributed by atoms with Crippen molar-refractivity contribution in [1.29, 1.82) is 0 Å². The van der Waals surface area contributed by atoms with Crippen LogP contribution in [0.4, 0.5) is 5.82 Å². The summed E-state index contributed by atoms with van der Waals surface area (Å²) < 4.78 is 4.94. The Balaban J connectivity index is 2.36. The van der Waals surface area contributed by atoms with Gasteiger partial charge in [-0.3, -0.25) is 9.59 Å². The smallest absolute Gasteiger partial charge is 0.245 e. The van der Waals surface area contributed by atoms with Crippen LogP contribution >= 0.6 is 0 Å². The van der Waals surface area contributed by atoms with Gasteiger partial charge in [-0.05, 0) is 19.8 Å². The van der Waals surface area contributed by atoms with Gasteiger partial charge >= 0.3 is 0 Å². The molecule has 0 aliphatic heterocycles. The molecule has 6 nitrogen and oxygen atoms in total. The van der Waals surface area contributed by atoms with Gasteiger partial charge in [-0.2, -0.15) is 0 Å². The lowest BCUT2D eigenvalue weighted by Crippen LogP contribution is -2.38. The average molecular weight is 366 g/mol. The van der Waals surface area contributed by atoms with Crippen molar-refractivity contribution in [1.82, 2.24) is 10.1 Å². The van der Waals surface area contributed by atoms with E-state index in [0.717, 1.165) is 25.7 Å². The zero-order valence-electron chi connectivity index (χ0n) is 16.7. The molecule has 0 spiro atoms. The number of carbonyl (C=O) groups is 2. The molecule has 0 aliphatic carbocycles. The Hall–Kier alpha value is -1.85. The zero-order valence-corrected chi connectivity index (χ0v) is 16.7. The third-order valence-electron chi connectivity index (χ3n) is 4.36. The van der Waals surface area contributed by atoms with Crippen LogP contribution in [0.3, 0.4) is 0 Å². The maximum atomic E-state index is 12.5. The number of amides is 2. The van der Waals surface area contributed by atoms with Crippen molar-refractivity contribution in [3.8, 4) is 0 Å². The molecular weight excluding hydrogens is 330 g/mol. The van der Waals surface area contributed by atoms with Crippen LogP contribution in [-0.4, -0.2) is 35.0 Å².